The van der Waals surface area contributed by atoms with Crippen LogP contribution in [0.2, 0.25) is 5.02 Å². The first-order valence-corrected chi connectivity index (χ1v) is 9.26. The second-order valence-electron chi connectivity index (χ2n) is 7.70. The van der Waals surface area contributed by atoms with E-state index in [1.165, 1.54) is 0 Å². The van der Waals surface area contributed by atoms with Crippen molar-refractivity contribution in [2.24, 2.45) is 11.8 Å². The minimum absolute atomic E-state index is 0.188. The molecule has 0 spiro atoms. The van der Waals surface area contributed by atoms with Gasteiger partial charge in [0.25, 0.3) is 5.91 Å². The molecule has 6 nitrogen and oxygen atoms in total. The van der Waals surface area contributed by atoms with Crippen molar-refractivity contribution in [2.45, 2.75) is 32.7 Å². The first-order valence-electron chi connectivity index (χ1n) is 8.88. The summed E-state index contributed by atoms with van der Waals surface area (Å²) in [6.45, 7) is 6.98. The van der Waals surface area contributed by atoms with Crippen LogP contribution in [0.5, 0.6) is 0 Å². The van der Waals surface area contributed by atoms with Crippen molar-refractivity contribution in [1.29, 1.82) is 0 Å². The molecule has 2 heterocycles. The fraction of sp³-hybridized carbons (Fsp3) is 0.526. The highest BCUT2D eigenvalue weighted by Gasteiger charge is 2.49. The molecule has 1 aromatic rings. The number of amides is 4. The zero-order chi connectivity index (χ0) is 19.1. The fourth-order valence-electron chi connectivity index (χ4n) is 3.92. The van der Waals surface area contributed by atoms with Crippen molar-refractivity contribution in [3.63, 3.8) is 0 Å². The highest BCUT2D eigenvalue weighted by molar-refractivity contribution is 6.30. The molecule has 2 saturated heterocycles. The third-order valence-corrected chi connectivity index (χ3v) is 5.46. The van der Waals surface area contributed by atoms with Gasteiger partial charge in [-0.3, -0.25) is 14.5 Å². The Labute approximate surface area is 158 Å². The van der Waals surface area contributed by atoms with E-state index in [9.17, 15) is 14.4 Å². The quantitative estimate of drug-likeness (QED) is 0.823. The van der Waals surface area contributed by atoms with E-state index in [-0.39, 0.29) is 12.5 Å². The van der Waals surface area contributed by atoms with Crippen LogP contribution in [0.1, 0.15) is 32.8 Å². The van der Waals surface area contributed by atoms with E-state index < -0.39 is 17.5 Å². The third kappa shape index (κ3) is 3.43. The normalized spacial score (nSPS) is 29.1. The van der Waals surface area contributed by atoms with Crippen LogP contribution in [0.15, 0.2) is 24.3 Å². The molecule has 3 unspecified atom stereocenters. The Balaban J connectivity index is 1.75. The summed E-state index contributed by atoms with van der Waals surface area (Å²) in [6.07, 6.45) is 1.08. The molecule has 140 valence electrons. The van der Waals surface area contributed by atoms with Crippen molar-refractivity contribution in [1.82, 2.24) is 15.1 Å². The van der Waals surface area contributed by atoms with Crippen LogP contribution in [0, 0.1) is 11.8 Å². The van der Waals surface area contributed by atoms with Crippen molar-refractivity contribution in [2.75, 3.05) is 19.6 Å². The Hall–Kier alpha value is -2.08. The van der Waals surface area contributed by atoms with Gasteiger partial charge in [0.2, 0.25) is 5.91 Å². The molecule has 0 radical (unpaired) electrons. The number of nitrogens with zero attached hydrogens (tertiary/aromatic N) is 2. The zero-order valence-electron chi connectivity index (χ0n) is 15.3. The fourth-order valence-corrected chi connectivity index (χ4v) is 4.05. The van der Waals surface area contributed by atoms with E-state index in [4.69, 9.17) is 11.6 Å². The number of carbonyl (C=O) groups is 3. The van der Waals surface area contributed by atoms with Gasteiger partial charge in [0.15, 0.2) is 0 Å². The number of hydrogen-bond acceptors (Lipinski definition) is 3. The zero-order valence-corrected chi connectivity index (χ0v) is 16.0. The number of urea groups is 1. The van der Waals surface area contributed by atoms with Gasteiger partial charge in [0.1, 0.15) is 12.1 Å². The molecule has 0 saturated carbocycles. The van der Waals surface area contributed by atoms with Crippen LogP contribution in [-0.2, 0) is 15.1 Å². The van der Waals surface area contributed by atoms with E-state index in [0.717, 1.165) is 11.3 Å². The Bertz CT molecular complexity index is 726. The van der Waals surface area contributed by atoms with Crippen molar-refractivity contribution in [3.8, 4) is 0 Å². The first kappa shape index (κ1) is 18.7. The maximum atomic E-state index is 12.9. The largest absolute Gasteiger partial charge is 0.341 e. The minimum Gasteiger partial charge on any atom is -0.341 e. The van der Waals surface area contributed by atoms with Crippen LogP contribution in [-0.4, -0.2) is 47.3 Å². The van der Waals surface area contributed by atoms with E-state index in [1.807, 2.05) is 0 Å². The first-order chi connectivity index (χ1) is 12.2. The van der Waals surface area contributed by atoms with Gasteiger partial charge in [-0.1, -0.05) is 37.6 Å². The highest BCUT2D eigenvalue weighted by Crippen LogP contribution is 2.30. The molecule has 2 fully saturated rings. The Kier molecular flexibility index (Phi) is 4.97. The smallest absolute Gasteiger partial charge is 0.325 e. The number of hydrogen-bond donors (Lipinski definition) is 1. The average Bonchev–Trinajstić information content (AvgIpc) is 2.78. The van der Waals surface area contributed by atoms with E-state index >= 15 is 0 Å². The maximum absolute atomic E-state index is 12.9. The SMILES string of the molecule is CC1CC(C)CN(C(=O)CN2C(=O)NC(C)(c3ccc(Cl)cc3)C2=O)C1. The predicted octanol–water partition coefficient (Wildman–Crippen LogP) is 2.61. The molecule has 2 aliphatic heterocycles. The van der Waals surface area contributed by atoms with E-state index in [0.29, 0.717) is 35.5 Å². The standard InChI is InChI=1S/C19H24ClN3O3/c1-12-8-13(2)10-22(9-12)16(24)11-23-17(25)19(3,21-18(23)26)14-4-6-15(20)7-5-14/h4-7,12-13H,8-11H2,1-3H3,(H,21,26). The number of imide groups is 1. The summed E-state index contributed by atoms with van der Waals surface area (Å²) in [4.78, 5) is 40.7. The molecule has 26 heavy (non-hydrogen) atoms. The molecule has 1 aromatic carbocycles. The average molecular weight is 378 g/mol. The molecular formula is C19H24ClN3O3. The molecular weight excluding hydrogens is 354 g/mol. The summed E-state index contributed by atoms with van der Waals surface area (Å²) in [7, 11) is 0. The van der Waals surface area contributed by atoms with Crippen LogP contribution >= 0.6 is 11.6 Å². The molecule has 1 N–H and O–H groups in total. The molecule has 3 atom stereocenters. The van der Waals surface area contributed by atoms with Gasteiger partial charge in [-0.05, 0) is 42.9 Å². The lowest BCUT2D eigenvalue weighted by atomic mass is 9.91. The predicted molar refractivity (Wildman–Crippen MR) is 98.6 cm³/mol. The maximum Gasteiger partial charge on any atom is 0.325 e. The number of rotatable bonds is 3. The minimum atomic E-state index is -1.19. The number of benzene rings is 1. The molecule has 0 aliphatic carbocycles. The summed E-state index contributed by atoms with van der Waals surface area (Å²) in [5.74, 6) is 0.235. The Morgan fingerprint density at radius 2 is 1.77 bits per heavy atom. The summed E-state index contributed by atoms with van der Waals surface area (Å²) in [5, 5.41) is 3.27. The number of likely N-dealkylation sites (tertiary alicyclic amines) is 1. The van der Waals surface area contributed by atoms with Crippen LogP contribution in [0.4, 0.5) is 4.79 Å². The van der Waals surface area contributed by atoms with Crippen LogP contribution in [0.3, 0.4) is 0 Å². The van der Waals surface area contributed by atoms with Gasteiger partial charge in [-0.2, -0.15) is 0 Å². The van der Waals surface area contributed by atoms with Crippen LogP contribution < -0.4 is 5.32 Å². The molecule has 7 heteroatoms. The molecule has 0 aromatic heterocycles. The van der Waals surface area contributed by atoms with E-state index in [2.05, 4.69) is 19.2 Å². The van der Waals surface area contributed by atoms with Gasteiger partial charge >= 0.3 is 6.03 Å². The molecule has 2 aliphatic rings. The summed E-state index contributed by atoms with van der Waals surface area (Å²) < 4.78 is 0. The van der Waals surface area contributed by atoms with Gasteiger partial charge in [0, 0.05) is 18.1 Å². The van der Waals surface area contributed by atoms with Gasteiger partial charge < -0.3 is 10.2 Å². The van der Waals surface area contributed by atoms with Crippen molar-refractivity contribution < 1.29 is 14.4 Å². The Morgan fingerprint density at radius 1 is 1.19 bits per heavy atom. The molecule has 4 amide bonds. The lowest BCUT2D eigenvalue weighted by Gasteiger charge is -2.35. The summed E-state index contributed by atoms with van der Waals surface area (Å²) in [5.41, 5.74) is -0.555. The van der Waals surface area contributed by atoms with Crippen molar-refractivity contribution in [3.05, 3.63) is 34.9 Å². The summed E-state index contributed by atoms with van der Waals surface area (Å²) >= 11 is 5.90. The second kappa shape index (κ2) is 6.91. The monoisotopic (exact) mass is 377 g/mol. The lowest BCUT2D eigenvalue weighted by Crippen LogP contribution is -2.48. The molecule has 3 rings (SSSR count). The van der Waals surface area contributed by atoms with Crippen molar-refractivity contribution >= 4 is 29.4 Å². The number of nitrogens with one attached hydrogen (secondary N) is 1. The van der Waals surface area contributed by atoms with Gasteiger partial charge in [-0.15, -0.1) is 0 Å². The van der Waals surface area contributed by atoms with Gasteiger partial charge in [-0.25, -0.2) is 4.79 Å². The van der Waals surface area contributed by atoms with E-state index in [1.54, 1.807) is 36.1 Å². The molecule has 0 bridgehead atoms. The highest BCUT2D eigenvalue weighted by atomic mass is 35.5. The number of carbonyl (C=O) groups excluding carboxylic acids is 3. The van der Waals surface area contributed by atoms with Gasteiger partial charge in [0.05, 0.1) is 0 Å². The lowest BCUT2D eigenvalue weighted by molar-refractivity contribution is -0.140. The third-order valence-electron chi connectivity index (χ3n) is 5.21. The number of halogens is 1. The second-order valence-corrected chi connectivity index (χ2v) is 8.13. The van der Waals surface area contributed by atoms with Crippen LogP contribution in [0.25, 0.3) is 0 Å². The Morgan fingerprint density at radius 3 is 2.35 bits per heavy atom. The summed E-state index contributed by atoms with van der Waals surface area (Å²) in [6, 6.07) is 6.22. The topological polar surface area (TPSA) is 69.7 Å². The number of piperidine rings is 1.